The van der Waals surface area contributed by atoms with Crippen molar-refractivity contribution in [2.24, 2.45) is 0 Å². The van der Waals surface area contributed by atoms with Crippen LogP contribution in [0, 0.1) is 0 Å². The molecule has 6 nitrogen and oxygen atoms in total. The van der Waals surface area contributed by atoms with Crippen LogP contribution in [0.4, 0.5) is 5.69 Å². The average molecular weight is 436 g/mol. The van der Waals surface area contributed by atoms with Crippen molar-refractivity contribution in [1.29, 1.82) is 0 Å². The zero-order valence-corrected chi connectivity index (χ0v) is 18.0. The van der Waals surface area contributed by atoms with Crippen molar-refractivity contribution in [3.63, 3.8) is 0 Å². The minimum atomic E-state index is -0.806. The molecule has 1 saturated heterocycles. The SMILES string of the molecule is O=C(NCC1CCCO1)C(c1ccncc1)N(C(=O)Cc1cccs1)c1ccccc1. The Morgan fingerprint density at radius 3 is 2.61 bits per heavy atom. The lowest BCUT2D eigenvalue weighted by molar-refractivity contribution is -0.126. The van der Waals surface area contributed by atoms with Gasteiger partial charge in [-0.05, 0) is 54.1 Å². The second kappa shape index (κ2) is 10.3. The molecule has 4 rings (SSSR count). The molecule has 2 atom stereocenters. The molecule has 3 heterocycles. The molecule has 1 aliphatic heterocycles. The Labute approximate surface area is 185 Å². The third-order valence-corrected chi connectivity index (χ3v) is 6.14. The van der Waals surface area contributed by atoms with Crippen molar-refractivity contribution in [2.75, 3.05) is 18.1 Å². The van der Waals surface area contributed by atoms with Gasteiger partial charge in [-0.1, -0.05) is 24.3 Å². The summed E-state index contributed by atoms with van der Waals surface area (Å²) in [5, 5.41) is 4.96. The molecule has 1 aliphatic rings. The average Bonchev–Trinajstić information content (AvgIpc) is 3.51. The normalized spacial score (nSPS) is 16.6. The minimum Gasteiger partial charge on any atom is -0.376 e. The number of aromatic nitrogens is 1. The van der Waals surface area contributed by atoms with Crippen LogP contribution in [-0.2, 0) is 20.7 Å². The molecule has 2 unspecified atom stereocenters. The van der Waals surface area contributed by atoms with E-state index in [0.29, 0.717) is 17.8 Å². The van der Waals surface area contributed by atoms with Gasteiger partial charge in [0.25, 0.3) is 0 Å². The molecule has 160 valence electrons. The van der Waals surface area contributed by atoms with Crippen molar-refractivity contribution in [2.45, 2.75) is 31.4 Å². The lowest BCUT2D eigenvalue weighted by Crippen LogP contribution is -2.46. The maximum absolute atomic E-state index is 13.5. The molecule has 7 heteroatoms. The van der Waals surface area contributed by atoms with Crippen LogP contribution in [0.3, 0.4) is 0 Å². The molecule has 0 radical (unpaired) electrons. The van der Waals surface area contributed by atoms with Gasteiger partial charge < -0.3 is 10.1 Å². The summed E-state index contributed by atoms with van der Waals surface area (Å²) < 4.78 is 5.65. The highest BCUT2D eigenvalue weighted by Gasteiger charge is 2.33. The Hall–Kier alpha value is -3.03. The number of nitrogens with zero attached hydrogens (tertiary/aromatic N) is 2. The van der Waals surface area contributed by atoms with E-state index >= 15 is 0 Å². The molecule has 3 aromatic rings. The number of carbonyl (C=O) groups is 2. The summed E-state index contributed by atoms with van der Waals surface area (Å²) in [4.78, 5) is 33.6. The Balaban J connectivity index is 1.66. The summed E-state index contributed by atoms with van der Waals surface area (Å²) in [5.41, 5.74) is 1.39. The zero-order valence-electron chi connectivity index (χ0n) is 17.1. The van der Waals surface area contributed by atoms with E-state index in [9.17, 15) is 9.59 Å². The van der Waals surface area contributed by atoms with Gasteiger partial charge in [-0.15, -0.1) is 11.3 Å². The summed E-state index contributed by atoms with van der Waals surface area (Å²) in [6.07, 6.45) is 5.47. The number of benzene rings is 1. The monoisotopic (exact) mass is 435 g/mol. The van der Waals surface area contributed by atoms with Gasteiger partial charge in [-0.25, -0.2) is 0 Å². The van der Waals surface area contributed by atoms with Crippen LogP contribution in [-0.4, -0.2) is 36.1 Å². The fraction of sp³-hybridized carbons (Fsp3) is 0.292. The van der Waals surface area contributed by atoms with Gasteiger partial charge in [-0.2, -0.15) is 0 Å². The number of carbonyl (C=O) groups excluding carboxylic acids is 2. The van der Waals surface area contributed by atoms with E-state index in [1.54, 1.807) is 29.4 Å². The number of anilines is 1. The van der Waals surface area contributed by atoms with E-state index in [0.717, 1.165) is 24.3 Å². The van der Waals surface area contributed by atoms with Gasteiger partial charge in [0, 0.05) is 36.1 Å². The van der Waals surface area contributed by atoms with Gasteiger partial charge in [0.15, 0.2) is 0 Å². The number of rotatable bonds is 8. The van der Waals surface area contributed by atoms with Crippen LogP contribution < -0.4 is 10.2 Å². The molecule has 0 spiro atoms. The Morgan fingerprint density at radius 1 is 1.13 bits per heavy atom. The highest BCUT2D eigenvalue weighted by Crippen LogP contribution is 2.29. The van der Waals surface area contributed by atoms with Crippen molar-refractivity contribution in [1.82, 2.24) is 10.3 Å². The van der Waals surface area contributed by atoms with Gasteiger partial charge in [-0.3, -0.25) is 19.5 Å². The molecule has 0 aliphatic carbocycles. The Morgan fingerprint density at radius 2 is 1.94 bits per heavy atom. The molecule has 2 aromatic heterocycles. The largest absolute Gasteiger partial charge is 0.376 e. The molecule has 31 heavy (non-hydrogen) atoms. The number of hydrogen-bond donors (Lipinski definition) is 1. The summed E-state index contributed by atoms with van der Waals surface area (Å²) >= 11 is 1.53. The maximum Gasteiger partial charge on any atom is 0.247 e. The third kappa shape index (κ3) is 5.37. The first-order valence-corrected chi connectivity index (χ1v) is 11.3. The quantitative estimate of drug-likeness (QED) is 0.585. The molecule has 0 saturated carbocycles. The Kier molecular flexibility index (Phi) is 7.07. The molecule has 0 bridgehead atoms. The molecule has 1 N–H and O–H groups in total. The second-order valence-corrected chi connectivity index (χ2v) is 8.45. The highest BCUT2D eigenvalue weighted by molar-refractivity contribution is 7.10. The van der Waals surface area contributed by atoms with Crippen LogP contribution in [0.5, 0.6) is 0 Å². The van der Waals surface area contributed by atoms with Crippen LogP contribution >= 0.6 is 11.3 Å². The number of ether oxygens (including phenoxy) is 1. The number of nitrogens with one attached hydrogen (secondary N) is 1. The molecular weight excluding hydrogens is 410 g/mol. The van der Waals surface area contributed by atoms with E-state index in [1.807, 2.05) is 47.8 Å². The van der Waals surface area contributed by atoms with E-state index in [2.05, 4.69) is 10.3 Å². The molecule has 2 amide bonds. The van der Waals surface area contributed by atoms with E-state index in [1.165, 1.54) is 11.3 Å². The van der Waals surface area contributed by atoms with Crippen molar-refractivity contribution in [3.05, 3.63) is 82.8 Å². The predicted octanol–water partition coefficient (Wildman–Crippen LogP) is 3.76. The van der Waals surface area contributed by atoms with E-state index in [-0.39, 0.29) is 24.3 Å². The second-order valence-electron chi connectivity index (χ2n) is 7.42. The number of amides is 2. The fourth-order valence-electron chi connectivity index (χ4n) is 3.75. The first-order chi connectivity index (χ1) is 15.2. The van der Waals surface area contributed by atoms with E-state index < -0.39 is 6.04 Å². The lowest BCUT2D eigenvalue weighted by Gasteiger charge is -2.31. The first kappa shape index (κ1) is 21.2. The summed E-state index contributed by atoms with van der Waals surface area (Å²) in [6.45, 7) is 1.16. The number of hydrogen-bond acceptors (Lipinski definition) is 5. The van der Waals surface area contributed by atoms with Crippen LogP contribution in [0.25, 0.3) is 0 Å². The minimum absolute atomic E-state index is 0.0223. The molecule has 1 aromatic carbocycles. The summed E-state index contributed by atoms with van der Waals surface area (Å²) in [7, 11) is 0. The highest BCUT2D eigenvalue weighted by atomic mass is 32.1. The number of thiophene rings is 1. The zero-order chi connectivity index (χ0) is 21.5. The standard InChI is InChI=1S/C24H25N3O3S/c28-22(16-21-9-5-15-31-21)27(19-6-2-1-3-7-19)23(18-10-12-25-13-11-18)24(29)26-17-20-8-4-14-30-20/h1-3,5-7,9-13,15,20,23H,4,8,14,16-17H2,(H,26,29). The van der Waals surface area contributed by atoms with Crippen LogP contribution in [0.1, 0.15) is 29.3 Å². The van der Waals surface area contributed by atoms with Crippen molar-refractivity contribution < 1.29 is 14.3 Å². The van der Waals surface area contributed by atoms with Gasteiger partial charge in [0.05, 0.1) is 12.5 Å². The lowest BCUT2D eigenvalue weighted by atomic mass is 10.0. The third-order valence-electron chi connectivity index (χ3n) is 5.26. The predicted molar refractivity (Wildman–Crippen MR) is 121 cm³/mol. The summed E-state index contributed by atoms with van der Waals surface area (Å²) in [5.74, 6) is -0.368. The van der Waals surface area contributed by atoms with E-state index in [4.69, 9.17) is 4.74 Å². The van der Waals surface area contributed by atoms with Gasteiger partial charge >= 0.3 is 0 Å². The molecular formula is C24H25N3O3S. The van der Waals surface area contributed by atoms with Gasteiger partial charge in [0.1, 0.15) is 6.04 Å². The van der Waals surface area contributed by atoms with Gasteiger partial charge in [0.2, 0.25) is 11.8 Å². The first-order valence-electron chi connectivity index (χ1n) is 10.4. The fourth-order valence-corrected chi connectivity index (χ4v) is 4.45. The van der Waals surface area contributed by atoms with Crippen LogP contribution in [0.2, 0.25) is 0 Å². The topological polar surface area (TPSA) is 71.5 Å². The molecule has 1 fully saturated rings. The van der Waals surface area contributed by atoms with Crippen molar-refractivity contribution >= 4 is 28.8 Å². The smallest absolute Gasteiger partial charge is 0.247 e. The number of para-hydroxylation sites is 1. The maximum atomic E-state index is 13.5. The summed E-state index contributed by atoms with van der Waals surface area (Å²) in [6, 6.07) is 16.0. The van der Waals surface area contributed by atoms with Crippen LogP contribution in [0.15, 0.2) is 72.4 Å². The Bertz CT molecular complexity index is 974. The van der Waals surface area contributed by atoms with Crippen molar-refractivity contribution in [3.8, 4) is 0 Å². The number of pyridine rings is 1.